The smallest absolute Gasteiger partial charge is 0.355 e. The molecule has 0 aromatic rings. The summed E-state index contributed by atoms with van der Waals surface area (Å²) in [5, 5.41) is 3.47. The summed E-state index contributed by atoms with van der Waals surface area (Å²) >= 11 is 0. The second-order valence-corrected chi connectivity index (χ2v) is 5.59. The lowest BCUT2D eigenvalue weighted by Gasteiger charge is -2.47. The lowest BCUT2D eigenvalue weighted by molar-refractivity contribution is -0.160. The van der Waals surface area contributed by atoms with Crippen molar-refractivity contribution in [1.29, 1.82) is 0 Å². The van der Waals surface area contributed by atoms with Crippen LogP contribution in [0.15, 0.2) is 16.9 Å². The van der Waals surface area contributed by atoms with E-state index in [4.69, 9.17) is 10.3 Å². The van der Waals surface area contributed by atoms with Crippen LogP contribution < -0.4 is 0 Å². The quantitative estimate of drug-likeness (QED) is 0.250. The highest BCUT2D eigenvalue weighted by Gasteiger charge is 2.51. The molecule has 0 N–H and O–H groups in total. The van der Waals surface area contributed by atoms with Crippen molar-refractivity contribution in [3.05, 3.63) is 22.2 Å². The Balaban J connectivity index is 2.16. The van der Waals surface area contributed by atoms with Gasteiger partial charge in [0, 0.05) is 4.91 Å². The minimum atomic E-state index is -0.684. The molecule has 0 bridgehead atoms. The van der Waals surface area contributed by atoms with Gasteiger partial charge in [0.1, 0.15) is 17.3 Å². The van der Waals surface area contributed by atoms with Gasteiger partial charge in [-0.2, -0.15) is 0 Å². The average Bonchev–Trinajstić information content (AvgIpc) is 2.32. The molecule has 0 aromatic heterocycles. The van der Waals surface area contributed by atoms with Gasteiger partial charge in [0.05, 0.1) is 6.04 Å². The number of azide groups is 1. The standard InChI is InChI=1S/C12H16N4O3/c1-12(2,3)19-11(18)8-6-4-5-7-9(14-15-13)10(17)16(7)8/h6-7,9H,4-5H2,1-3H3/t7-,9+/m1/s1. The summed E-state index contributed by atoms with van der Waals surface area (Å²) in [5.41, 5.74) is 8.08. The Morgan fingerprint density at radius 1 is 1.58 bits per heavy atom. The Morgan fingerprint density at radius 2 is 2.26 bits per heavy atom. The SMILES string of the molecule is CC(C)(C)OC(=O)C1=CCC[C@@H]2[C@H](N=[N+]=[N-])C(=O)N12. The molecule has 2 heterocycles. The van der Waals surface area contributed by atoms with Crippen LogP contribution in [0.4, 0.5) is 0 Å². The first kappa shape index (κ1) is 13.4. The summed E-state index contributed by atoms with van der Waals surface area (Å²) in [4.78, 5) is 28.0. The van der Waals surface area contributed by atoms with Crippen molar-refractivity contribution in [2.24, 2.45) is 5.11 Å². The Bertz CT molecular complexity index is 500. The first-order chi connectivity index (χ1) is 8.85. The van der Waals surface area contributed by atoms with E-state index in [1.807, 2.05) is 0 Å². The Hall–Kier alpha value is -2.01. The van der Waals surface area contributed by atoms with Crippen molar-refractivity contribution in [2.45, 2.75) is 51.3 Å². The van der Waals surface area contributed by atoms with E-state index in [1.54, 1.807) is 26.8 Å². The topological polar surface area (TPSA) is 95.4 Å². The molecule has 2 aliphatic heterocycles. The molecule has 0 spiro atoms. The maximum Gasteiger partial charge on any atom is 0.355 e. The van der Waals surface area contributed by atoms with E-state index in [0.29, 0.717) is 12.8 Å². The number of carbonyl (C=O) groups is 2. The highest BCUT2D eigenvalue weighted by atomic mass is 16.6. The molecule has 7 nitrogen and oxygen atoms in total. The summed E-state index contributed by atoms with van der Waals surface area (Å²) < 4.78 is 5.27. The third kappa shape index (κ3) is 2.42. The molecule has 2 atom stereocenters. The van der Waals surface area contributed by atoms with Gasteiger partial charge in [-0.3, -0.25) is 4.79 Å². The van der Waals surface area contributed by atoms with Crippen LogP contribution in [-0.4, -0.2) is 34.5 Å². The van der Waals surface area contributed by atoms with Crippen LogP contribution in [0.1, 0.15) is 33.6 Å². The molecule has 0 saturated carbocycles. The maximum atomic E-state index is 12.0. The van der Waals surface area contributed by atoms with Crippen LogP contribution in [0, 0.1) is 0 Å². The summed E-state index contributed by atoms with van der Waals surface area (Å²) in [7, 11) is 0. The van der Waals surface area contributed by atoms with Crippen molar-refractivity contribution in [3.8, 4) is 0 Å². The maximum absolute atomic E-state index is 12.0. The minimum Gasteiger partial charge on any atom is -0.455 e. The number of ether oxygens (including phenoxy) is 1. The van der Waals surface area contributed by atoms with Gasteiger partial charge < -0.3 is 9.64 Å². The zero-order valence-corrected chi connectivity index (χ0v) is 11.2. The fraction of sp³-hybridized carbons (Fsp3) is 0.667. The second kappa shape index (κ2) is 4.59. The van der Waals surface area contributed by atoms with E-state index in [-0.39, 0.29) is 17.6 Å². The van der Waals surface area contributed by atoms with Crippen molar-refractivity contribution in [2.75, 3.05) is 0 Å². The summed E-state index contributed by atoms with van der Waals surface area (Å²) in [6.07, 6.45) is 3.07. The van der Waals surface area contributed by atoms with Crippen molar-refractivity contribution in [3.63, 3.8) is 0 Å². The molecule has 1 saturated heterocycles. The van der Waals surface area contributed by atoms with Gasteiger partial charge in [0.2, 0.25) is 5.91 Å². The Morgan fingerprint density at radius 3 is 2.84 bits per heavy atom. The van der Waals surface area contributed by atoms with Crippen LogP contribution in [0.3, 0.4) is 0 Å². The van der Waals surface area contributed by atoms with Gasteiger partial charge in [-0.1, -0.05) is 11.2 Å². The molecule has 19 heavy (non-hydrogen) atoms. The average molecular weight is 264 g/mol. The summed E-state index contributed by atoms with van der Waals surface area (Å²) in [6, 6.07) is -0.896. The Labute approximate surface area is 110 Å². The van der Waals surface area contributed by atoms with E-state index < -0.39 is 17.6 Å². The number of nitrogens with zero attached hydrogens (tertiary/aromatic N) is 4. The van der Waals surface area contributed by atoms with Crippen molar-refractivity contribution in [1.82, 2.24) is 4.90 Å². The third-order valence-corrected chi connectivity index (χ3v) is 3.03. The van der Waals surface area contributed by atoms with Gasteiger partial charge in [-0.15, -0.1) is 0 Å². The van der Waals surface area contributed by atoms with E-state index in [0.717, 1.165) is 0 Å². The van der Waals surface area contributed by atoms with Crippen molar-refractivity contribution < 1.29 is 14.3 Å². The van der Waals surface area contributed by atoms with Gasteiger partial charge in [-0.25, -0.2) is 4.79 Å². The predicted molar refractivity (Wildman–Crippen MR) is 66.7 cm³/mol. The molecule has 7 heteroatoms. The van der Waals surface area contributed by atoms with E-state index >= 15 is 0 Å². The minimum absolute atomic E-state index is 0.212. The molecule has 0 aliphatic carbocycles. The largest absolute Gasteiger partial charge is 0.455 e. The molecular weight excluding hydrogens is 248 g/mol. The number of hydrogen-bond donors (Lipinski definition) is 0. The van der Waals surface area contributed by atoms with Gasteiger partial charge in [0.25, 0.3) is 0 Å². The van der Waals surface area contributed by atoms with Crippen molar-refractivity contribution >= 4 is 11.9 Å². The number of allylic oxidation sites excluding steroid dienone is 1. The molecule has 2 rings (SSSR count). The molecular formula is C12H16N4O3. The number of carbonyl (C=O) groups excluding carboxylic acids is 2. The molecule has 1 amide bonds. The molecule has 0 unspecified atom stereocenters. The van der Waals surface area contributed by atoms with Gasteiger partial charge in [-0.05, 0) is 39.1 Å². The summed E-state index contributed by atoms with van der Waals surface area (Å²) in [6.45, 7) is 5.31. The number of fused-ring (bicyclic) bond motifs is 1. The van der Waals surface area contributed by atoms with E-state index in [1.165, 1.54) is 4.90 Å². The molecule has 0 aromatic carbocycles. The Kier molecular flexibility index (Phi) is 3.24. The third-order valence-electron chi connectivity index (χ3n) is 3.03. The lowest BCUT2D eigenvalue weighted by Crippen LogP contribution is -2.65. The zero-order valence-electron chi connectivity index (χ0n) is 11.2. The molecule has 2 aliphatic rings. The monoisotopic (exact) mass is 264 g/mol. The zero-order chi connectivity index (χ0) is 14.2. The number of β-lactam (4-membered cyclic amide) rings is 1. The highest BCUT2D eigenvalue weighted by Crippen LogP contribution is 2.35. The molecule has 102 valence electrons. The molecule has 1 fully saturated rings. The van der Waals surface area contributed by atoms with E-state index in [9.17, 15) is 9.59 Å². The number of amides is 1. The first-order valence-electron chi connectivity index (χ1n) is 6.16. The van der Waals surface area contributed by atoms with Crippen LogP contribution in [0.2, 0.25) is 0 Å². The second-order valence-electron chi connectivity index (χ2n) is 5.59. The molecule has 0 radical (unpaired) electrons. The van der Waals surface area contributed by atoms with Crippen LogP contribution in [-0.2, 0) is 14.3 Å². The fourth-order valence-corrected chi connectivity index (χ4v) is 2.30. The van der Waals surface area contributed by atoms with Crippen LogP contribution in [0.5, 0.6) is 0 Å². The highest BCUT2D eigenvalue weighted by molar-refractivity contribution is 6.00. The fourth-order valence-electron chi connectivity index (χ4n) is 2.30. The van der Waals surface area contributed by atoms with E-state index in [2.05, 4.69) is 10.0 Å². The number of esters is 1. The van der Waals surface area contributed by atoms with Crippen LogP contribution in [0.25, 0.3) is 10.4 Å². The van der Waals surface area contributed by atoms with Crippen LogP contribution >= 0.6 is 0 Å². The number of rotatable bonds is 2. The van der Waals surface area contributed by atoms with Gasteiger partial charge >= 0.3 is 5.97 Å². The normalized spacial score (nSPS) is 25.7. The van der Waals surface area contributed by atoms with Gasteiger partial charge in [0.15, 0.2) is 0 Å². The predicted octanol–water partition coefficient (Wildman–Crippen LogP) is 1.90. The number of hydrogen-bond acceptors (Lipinski definition) is 4. The first-order valence-corrected chi connectivity index (χ1v) is 6.16. The lowest BCUT2D eigenvalue weighted by atomic mass is 9.87. The summed E-state index contributed by atoms with van der Waals surface area (Å²) in [5.74, 6) is -0.843.